The fourth-order valence-electron chi connectivity index (χ4n) is 1.78. The van der Waals surface area contributed by atoms with Crippen LogP contribution in [0.2, 0.25) is 0 Å². The molecule has 1 atom stereocenters. The number of carbonyl (C=O) groups excluding carboxylic acids is 2. The van der Waals surface area contributed by atoms with Crippen LogP contribution in [-0.4, -0.2) is 22.8 Å². The van der Waals surface area contributed by atoms with Gasteiger partial charge in [0, 0.05) is 11.8 Å². The van der Waals surface area contributed by atoms with E-state index in [4.69, 9.17) is 0 Å². The highest BCUT2D eigenvalue weighted by atomic mass is 16.3. The molecule has 0 aromatic rings. The Kier molecular flexibility index (Phi) is 3.83. The molecule has 1 unspecified atom stereocenters. The van der Waals surface area contributed by atoms with E-state index < -0.39 is 11.0 Å². The lowest BCUT2D eigenvalue weighted by Gasteiger charge is -2.40. The maximum Gasteiger partial charge on any atom is 0.156 e. The first kappa shape index (κ1) is 13.6. The van der Waals surface area contributed by atoms with Crippen LogP contribution in [0, 0.1) is 5.41 Å². The molecule has 3 nitrogen and oxygen atoms in total. The summed E-state index contributed by atoms with van der Waals surface area (Å²) in [7, 11) is 0. The SMILES string of the molecule is CC(=C/C=O)/C=C/C1(O)C=CC(=O)CC1(C)C. The molecule has 0 saturated carbocycles. The van der Waals surface area contributed by atoms with Crippen LogP contribution in [0.25, 0.3) is 0 Å². The summed E-state index contributed by atoms with van der Waals surface area (Å²) in [5, 5.41) is 10.5. The van der Waals surface area contributed by atoms with Crippen molar-refractivity contribution in [1.82, 2.24) is 0 Å². The average molecular weight is 234 g/mol. The Morgan fingerprint density at radius 2 is 2.12 bits per heavy atom. The van der Waals surface area contributed by atoms with Crippen LogP contribution in [0.5, 0.6) is 0 Å². The molecule has 1 aliphatic rings. The zero-order chi connectivity index (χ0) is 13.1. The van der Waals surface area contributed by atoms with E-state index in [1.54, 1.807) is 19.1 Å². The maximum atomic E-state index is 11.3. The Morgan fingerprint density at radius 3 is 2.65 bits per heavy atom. The highest BCUT2D eigenvalue weighted by Crippen LogP contribution is 2.40. The van der Waals surface area contributed by atoms with Crippen LogP contribution in [-0.2, 0) is 9.59 Å². The normalized spacial score (nSPS) is 28.7. The molecule has 0 aromatic heterocycles. The van der Waals surface area contributed by atoms with Crippen molar-refractivity contribution < 1.29 is 14.7 Å². The van der Waals surface area contributed by atoms with Crippen LogP contribution in [0.3, 0.4) is 0 Å². The Hall–Kier alpha value is -1.48. The molecule has 0 saturated heterocycles. The van der Waals surface area contributed by atoms with E-state index in [1.807, 2.05) is 13.8 Å². The van der Waals surface area contributed by atoms with Crippen molar-refractivity contribution in [3.8, 4) is 0 Å². The Bertz CT molecular complexity index is 413. The van der Waals surface area contributed by atoms with E-state index in [2.05, 4.69) is 0 Å². The van der Waals surface area contributed by atoms with Gasteiger partial charge < -0.3 is 5.11 Å². The van der Waals surface area contributed by atoms with Gasteiger partial charge in [-0.05, 0) is 36.8 Å². The van der Waals surface area contributed by atoms with Gasteiger partial charge >= 0.3 is 0 Å². The van der Waals surface area contributed by atoms with E-state index in [-0.39, 0.29) is 5.78 Å². The third kappa shape index (κ3) is 3.01. The molecule has 0 heterocycles. The lowest BCUT2D eigenvalue weighted by molar-refractivity contribution is -0.120. The number of rotatable bonds is 3. The molecule has 0 aromatic carbocycles. The number of carbonyl (C=O) groups is 2. The molecular weight excluding hydrogens is 216 g/mol. The van der Waals surface area contributed by atoms with E-state index in [0.29, 0.717) is 12.7 Å². The van der Waals surface area contributed by atoms with Gasteiger partial charge in [-0.3, -0.25) is 9.59 Å². The van der Waals surface area contributed by atoms with E-state index in [1.165, 1.54) is 18.2 Å². The van der Waals surface area contributed by atoms with E-state index in [0.717, 1.165) is 5.57 Å². The van der Waals surface area contributed by atoms with Crippen molar-refractivity contribution in [2.45, 2.75) is 32.8 Å². The van der Waals surface area contributed by atoms with Gasteiger partial charge in [0.05, 0.1) is 0 Å². The van der Waals surface area contributed by atoms with Gasteiger partial charge in [-0.2, -0.15) is 0 Å². The van der Waals surface area contributed by atoms with Gasteiger partial charge in [-0.1, -0.05) is 19.9 Å². The topological polar surface area (TPSA) is 54.4 Å². The second-order valence-corrected chi connectivity index (χ2v) is 5.07. The molecule has 0 spiro atoms. The molecule has 92 valence electrons. The number of aldehydes is 1. The van der Waals surface area contributed by atoms with Crippen molar-refractivity contribution >= 4 is 12.1 Å². The molecule has 1 aliphatic carbocycles. The second kappa shape index (κ2) is 4.80. The number of allylic oxidation sites excluding steroid dienone is 4. The van der Waals surface area contributed by atoms with Crippen LogP contribution < -0.4 is 0 Å². The summed E-state index contributed by atoms with van der Waals surface area (Å²) in [6.07, 6.45) is 8.68. The van der Waals surface area contributed by atoms with Crippen LogP contribution in [0.15, 0.2) is 36.0 Å². The van der Waals surface area contributed by atoms with Gasteiger partial charge in [0.1, 0.15) is 11.9 Å². The summed E-state index contributed by atoms with van der Waals surface area (Å²) in [6, 6.07) is 0. The summed E-state index contributed by atoms with van der Waals surface area (Å²) in [5.41, 5.74) is -0.940. The second-order valence-electron chi connectivity index (χ2n) is 5.07. The molecule has 1 rings (SSSR count). The van der Waals surface area contributed by atoms with Crippen LogP contribution in [0.1, 0.15) is 27.2 Å². The standard InChI is InChI=1S/C14H18O3/c1-11(6-9-15)4-7-14(17)8-5-12(16)10-13(14,2)3/h4-9,17H,10H2,1-3H3/b7-4+,11-6-. The fraction of sp³-hybridized carbons (Fsp3) is 0.429. The average Bonchev–Trinajstić information content (AvgIpc) is 2.21. The minimum Gasteiger partial charge on any atom is -0.381 e. The van der Waals surface area contributed by atoms with Crippen molar-refractivity contribution in [3.05, 3.63) is 36.0 Å². The Morgan fingerprint density at radius 1 is 1.47 bits per heavy atom. The Balaban J connectivity index is 3.02. The molecule has 0 aliphatic heterocycles. The molecule has 0 bridgehead atoms. The molecule has 0 radical (unpaired) electrons. The highest BCUT2D eigenvalue weighted by molar-refractivity contribution is 5.91. The number of hydrogen-bond acceptors (Lipinski definition) is 3. The quantitative estimate of drug-likeness (QED) is 0.461. The number of aliphatic hydroxyl groups is 1. The smallest absolute Gasteiger partial charge is 0.156 e. The third-order valence-corrected chi connectivity index (χ3v) is 3.15. The van der Waals surface area contributed by atoms with Crippen LogP contribution in [0.4, 0.5) is 0 Å². The van der Waals surface area contributed by atoms with Gasteiger partial charge in [-0.15, -0.1) is 0 Å². The Labute approximate surface area is 102 Å². The lowest BCUT2D eigenvalue weighted by Crippen LogP contribution is -2.45. The molecule has 0 amide bonds. The minimum absolute atomic E-state index is 0.0215. The zero-order valence-electron chi connectivity index (χ0n) is 10.4. The summed E-state index contributed by atoms with van der Waals surface area (Å²) >= 11 is 0. The zero-order valence-corrected chi connectivity index (χ0v) is 10.4. The highest BCUT2D eigenvalue weighted by Gasteiger charge is 2.43. The van der Waals surface area contributed by atoms with Crippen molar-refractivity contribution in [1.29, 1.82) is 0 Å². The fourth-order valence-corrected chi connectivity index (χ4v) is 1.78. The summed E-state index contributed by atoms with van der Waals surface area (Å²) < 4.78 is 0. The first-order valence-corrected chi connectivity index (χ1v) is 5.56. The molecule has 17 heavy (non-hydrogen) atoms. The summed E-state index contributed by atoms with van der Waals surface area (Å²) in [5.74, 6) is 0.0215. The molecule has 1 N–H and O–H groups in total. The monoisotopic (exact) mass is 234 g/mol. The largest absolute Gasteiger partial charge is 0.381 e. The summed E-state index contributed by atoms with van der Waals surface area (Å²) in [4.78, 5) is 21.6. The van der Waals surface area contributed by atoms with Crippen molar-refractivity contribution in [2.24, 2.45) is 5.41 Å². The maximum absolute atomic E-state index is 11.3. The van der Waals surface area contributed by atoms with Crippen molar-refractivity contribution in [2.75, 3.05) is 0 Å². The third-order valence-electron chi connectivity index (χ3n) is 3.15. The minimum atomic E-state index is -1.15. The van der Waals surface area contributed by atoms with Gasteiger partial charge in [0.15, 0.2) is 5.78 Å². The van der Waals surface area contributed by atoms with Gasteiger partial charge in [-0.25, -0.2) is 0 Å². The molecular formula is C14H18O3. The predicted molar refractivity (Wildman–Crippen MR) is 66.5 cm³/mol. The van der Waals surface area contributed by atoms with Gasteiger partial charge in [0.25, 0.3) is 0 Å². The number of ketones is 1. The first-order chi connectivity index (χ1) is 7.81. The van der Waals surface area contributed by atoms with E-state index >= 15 is 0 Å². The molecule has 3 heteroatoms. The molecule has 0 fully saturated rings. The van der Waals surface area contributed by atoms with Gasteiger partial charge in [0.2, 0.25) is 0 Å². The van der Waals surface area contributed by atoms with Crippen LogP contribution >= 0.6 is 0 Å². The van der Waals surface area contributed by atoms with Crippen molar-refractivity contribution in [3.63, 3.8) is 0 Å². The predicted octanol–water partition coefficient (Wildman–Crippen LogP) is 1.97. The number of hydrogen-bond donors (Lipinski definition) is 1. The lowest BCUT2D eigenvalue weighted by atomic mass is 9.68. The summed E-state index contributed by atoms with van der Waals surface area (Å²) in [6.45, 7) is 5.47. The van der Waals surface area contributed by atoms with E-state index in [9.17, 15) is 14.7 Å². The first-order valence-electron chi connectivity index (χ1n) is 5.56.